The minimum atomic E-state index is -4.63. The maximum atomic E-state index is 11.0. The summed E-state index contributed by atoms with van der Waals surface area (Å²) in [5.74, 6) is -1.08. The second-order valence-corrected chi connectivity index (χ2v) is 5.03. The molecule has 1 unspecified atom stereocenters. The molecule has 1 N–H and O–H groups in total. The fourth-order valence-corrected chi connectivity index (χ4v) is 3.08. The Hall–Kier alpha value is -0.190. The largest absolute Gasteiger partial charge is 0.348 e. The zero-order valence-corrected chi connectivity index (χ0v) is 9.70. The molecule has 1 saturated heterocycles. The lowest BCUT2D eigenvalue weighted by atomic mass is 10.6. The van der Waals surface area contributed by atoms with Crippen LogP contribution in [0.4, 0.5) is 4.79 Å². The van der Waals surface area contributed by atoms with Crippen LogP contribution in [0.5, 0.6) is 0 Å². The molecule has 13 heavy (non-hydrogen) atoms. The number of hydrogen-bond acceptors (Lipinski definition) is 4. The van der Waals surface area contributed by atoms with Gasteiger partial charge in [0, 0.05) is 0 Å². The molecular formula is C3H2Br2N2O5S. The van der Waals surface area contributed by atoms with Gasteiger partial charge in [-0.05, 0) is 0 Å². The number of imide groups is 1. The Morgan fingerprint density at radius 1 is 1.31 bits per heavy atom. The van der Waals surface area contributed by atoms with Crippen molar-refractivity contribution in [1.29, 1.82) is 0 Å². The highest BCUT2D eigenvalue weighted by molar-refractivity contribution is 9.08. The van der Waals surface area contributed by atoms with Gasteiger partial charge in [-0.1, -0.05) is 0 Å². The second kappa shape index (κ2) is 3.19. The van der Waals surface area contributed by atoms with Gasteiger partial charge in [0.05, 0.1) is 32.3 Å². The molecule has 10 heteroatoms. The summed E-state index contributed by atoms with van der Waals surface area (Å²) < 4.78 is 30.6. The maximum absolute atomic E-state index is 11.0. The first-order valence-electron chi connectivity index (χ1n) is 2.72. The Bertz CT molecular complexity index is 366. The number of amides is 3. The van der Waals surface area contributed by atoms with E-state index >= 15 is 0 Å². The Labute approximate surface area is 90.1 Å². The van der Waals surface area contributed by atoms with E-state index in [4.69, 9.17) is 4.55 Å². The molecule has 0 spiro atoms. The molecule has 3 amide bonds. The quantitative estimate of drug-likeness (QED) is 0.415. The Kier molecular flexibility index (Phi) is 2.67. The zero-order chi connectivity index (χ0) is 10.4. The molecule has 1 atom stereocenters. The monoisotopic (exact) mass is 336 g/mol. The number of urea groups is 1. The summed E-state index contributed by atoms with van der Waals surface area (Å²) in [6.45, 7) is 0. The van der Waals surface area contributed by atoms with Gasteiger partial charge in [0.2, 0.25) is 0 Å². The smallest absolute Gasteiger partial charge is 0.284 e. The third-order valence-corrected chi connectivity index (χ3v) is 3.86. The van der Waals surface area contributed by atoms with Crippen LogP contribution in [0.3, 0.4) is 0 Å². The number of nitrogens with zero attached hydrogens (tertiary/aromatic N) is 2. The zero-order valence-electron chi connectivity index (χ0n) is 5.72. The molecule has 1 aliphatic rings. The number of rotatable bonds is 1. The Balaban J connectivity index is 3.16. The third kappa shape index (κ3) is 1.71. The molecule has 1 aliphatic heterocycles. The van der Waals surface area contributed by atoms with Crippen molar-refractivity contribution in [1.82, 2.24) is 7.85 Å². The average Bonchev–Trinajstić information content (AvgIpc) is 2.14. The summed E-state index contributed by atoms with van der Waals surface area (Å²) in [5, 5.41) is -1.93. The minimum Gasteiger partial charge on any atom is -0.284 e. The highest BCUT2D eigenvalue weighted by Gasteiger charge is 2.50. The lowest BCUT2D eigenvalue weighted by molar-refractivity contribution is -0.122. The van der Waals surface area contributed by atoms with Crippen molar-refractivity contribution in [3.63, 3.8) is 0 Å². The summed E-state index contributed by atoms with van der Waals surface area (Å²) in [5.41, 5.74) is 0. The van der Waals surface area contributed by atoms with Crippen LogP contribution < -0.4 is 0 Å². The first kappa shape index (κ1) is 10.9. The van der Waals surface area contributed by atoms with E-state index < -0.39 is 27.4 Å². The van der Waals surface area contributed by atoms with Gasteiger partial charge in [0.1, 0.15) is 0 Å². The molecule has 1 fully saturated rings. The molecule has 0 bridgehead atoms. The van der Waals surface area contributed by atoms with E-state index in [1.54, 1.807) is 0 Å². The van der Waals surface area contributed by atoms with E-state index in [0.717, 1.165) is 0 Å². The van der Waals surface area contributed by atoms with E-state index in [9.17, 15) is 18.0 Å². The van der Waals surface area contributed by atoms with Crippen LogP contribution in [-0.2, 0) is 14.9 Å². The fourth-order valence-electron chi connectivity index (χ4n) is 0.717. The van der Waals surface area contributed by atoms with Gasteiger partial charge in [-0.25, -0.2) is 8.72 Å². The lowest BCUT2D eigenvalue weighted by Crippen LogP contribution is -2.35. The molecule has 7 nitrogen and oxygen atoms in total. The summed E-state index contributed by atoms with van der Waals surface area (Å²) in [7, 11) is -4.63. The van der Waals surface area contributed by atoms with Gasteiger partial charge in [-0.2, -0.15) is 12.3 Å². The van der Waals surface area contributed by atoms with E-state index in [0.29, 0.717) is 7.85 Å². The molecule has 0 aromatic carbocycles. The van der Waals surface area contributed by atoms with Crippen molar-refractivity contribution in [2.75, 3.05) is 0 Å². The first-order chi connectivity index (χ1) is 5.76. The van der Waals surface area contributed by atoms with Gasteiger partial charge in [0.15, 0.2) is 0 Å². The number of halogens is 2. The van der Waals surface area contributed by atoms with Crippen molar-refractivity contribution < 1.29 is 22.6 Å². The topological polar surface area (TPSA) is 95.0 Å². The third-order valence-electron chi connectivity index (χ3n) is 1.24. The van der Waals surface area contributed by atoms with Gasteiger partial charge in [-0.15, -0.1) is 0 Å². The number of carbonyl (C=O) groups is 2. The van der Waals surface area contributed by atoms with Gasteiger partial charge >= 0.3 is 6.03 Å². The van der Waals surface area contributed by atoms with Crippen molar-refractivity contribution in [2.45, 2.75) is 5.37 Å². The van der Waals surface area contributed by atoms with Crippen LogP contribution in [-0.4, -0.2) is 38.1 Å². The molecule has 0 saturated carbocycles. The summed E-state index contributed by atoms with van der Waals surface area (Å²) >= 11 is 5.07. The predicted molar refractivity (Wildman–Crippen MR) is 47.3 cm³/mol. The Morgan fingerprint density at radius 2 is 1.77 bits per heavy atom. The highest BCUT2D eigenvalue weighted by atomic mass is 79.9. The van der Waals surface area contributed by atoms with Crippen LogP contribution in [0.2, 0.25) is 0 Å². The summed E-state index contributed by atoms with van der Waals surface area (Å²) in [4.78, 5) is 22.0. The highest BCUT2D eigenvalue weighted by Crippen LogP contribution is 2.26. The van der Waals surface area contributed by atoms with E-state index in [1.807, 2.05) is 0 Å². The minimum absolute atomic E-state index is 0.403. The second-order valence-electron chi connectivity index (χ2n) is 2.08. The molecule has 0 aromatic heterocycles. The van der Waals surface area contributed by atoms with Crippen LogP contribution >= 0.6 is 32.3 Å². The fraction of sp³-hybridized carbons (Fsp3) is 0.333. The molecule has 1 heterocycles. The normalized spacial score (nSPS) is 24.4. The number of carbonyl (C=O) groups excluding carboxylic acids is 2. The van der Waals surface area contributed by atoms with E-state index in [1.165, 1.54) is 0 Å². The van der Waals surface area contributed by atoms with Crippen LogP contribution in [0.25, 0.3) is 0 Å². The van der Waals surface area contributed by atoms with Crippen LogP contribution in [0.1, 0.15) is 0 Å². The van der Waals surface area contributed by atoms with Crippen LogP contribution in [0, 0.1) is 0 Å². The van der Waals surface area contributed by atoms with Crippen LogP contribution in [0.15, 0.2) is 0 Å². The maximum Gasteiger partial charge on any atom is 0.348 e. The van der Waals surface area contributed by atoms with Crippen molar-refractivity contribution in [3.05, 3.63) is 0 Å². The van der Waals surface area contributed by atoms with Gasteiger partial charge < -0.3 is 0 Å². The predicted octanol–water partition coefficient (Wildman–Crippen LogP) is 0.0843. The number of hydrogen-bond donors (Lipinski definition) is 1. The van der Waals surface area contributed by atoms with Crippen molar-refractivity contribution >= 4 is 54.4 Å². The Morgan fingerprint density at radius 3 is 1.92 bits per heavy atom. The SMILES string of the molecule is O=C1C(S(=O)(=O)O)N(Br)C(=O)N1Br. The molecule has 74 valence electrons. The molecule has 0 radical (unpaired) electrons. The van der Waals surface area contributed by atoms with Crippen molar-refractivity contribution in [2.24, 2.45) is 0 Å². The molecule has 0 aromatic rings. The van der Waals surface area contributed by atoms with E-state index in [-0.39, 0.29) is 0 Å². The summed E-state index contributed by atoms with van der Waals surface area (Å²) in [6, 6.07) is -0.923. The molecule has 0 aliphatic carbocycles. The van der Waals surface area contributed by atoms with E-state index in [2.05, 4.69) is 32.3 Å². The van der Waals surface area contributed by atoms with Crippen molar-refractivity contribution in [3.8, 4) is 0 Å². The average molecular weight is 338 g/mol. The standard InChI is InChI=1S/C3H2Br2N2O5S/c4-6-1(8)2(13(10,11)12)7(5)3(6)9/h2H,(H,10,11,12). The summed E-state index contributed by atoms with van der Waals surface area (Å²) in [6.07, 6.45) is 0. The van der Waals surface area contributed by atoms with Gasteiger partial charge in [-0.3, -0.25) is 9.35 Å². The molecular weight excluding hydrogens is 336 g/mol. The van der Waals surface area contributed by atoms with Gasteiger partial charge in [0.25, 0.3) is 21.4 Å². The first-order valence-corrected chi connectivity index (χ1v) is 5.64. The molecule has 1 rings (SSSR count). The lowest BCUT2D eigenvalue weighted by Gasteiger charge is -2.08.